The normalized spacial score (nSPS) is 10.5. The molecule has 0 atom stereocenters. The van der Waals surface area contributed by atoms with Crippen molar-refractivity contribution in [2.24, 2.45) is 0 Å². The molecule has 0 radical (unpaired) electrons. The highest BCUT2D eigenvalue weighted by molar-refractivity contribution is 6.29. The minimum atomic E-state index is 0.338. The van der Waals surface area contributed by atoms with Gasteiger partial charge in [0.05, 0.1) is 12.3 Å². The minimum absolute atomic E-state index is 0.338. The van der Waals surface area contributed by atoms with Crippen LogP contribution in [0.1, 0.15) is 12.7 Å². The van der Waals surface area contributed by atoms with Crippen LogP contribution in [-0.4, -0.2) is 23.7 Å². The third-order valence-corrected chi connectivity index (χ3v) is 2.67. The molecule has 19 heavy (non-hydrogen) atoms. The van der Waals surface area contributed by atoms with Crippen LogP contribution in [0.3, 0.4) is 0 Å². The molecule has 0 fully saturated rings. The van der Waals surface area contributed by atoms with E-state index in [4.69, 9.17) is 21.1 Å². The zero-order valence-corrected chi connectivity index (χ0v) is 11.6. The third kappa shape index (κ3) is 3.66. The van der Waals surface area contributed by atoms with Gasteiger partial charge in [-0.25, -0.2) is 9.97 Å². The summed E-state index contributed by atoms with van der Waals surface area (Å²) in [5.41, 5.74) is 1.74. The average Bonchev–Trinajstić information content (AvgIpc) is 2.40. The molecule has 2 rings (SSSR count). The molecule has 2 aromatic rings. The molecular weight excluding hydrogens is 264 g/mol. The molecule has 0 aliphatic heterocycles. The highest BCUT2D eigenvalue weighted by atomic mass is 35.5. The van der Waals surface area contributed by atoms with Crippen molar-refractivity contribution < 1.29 is 9.47 Å². The molecule has 4 nitrogen and oxygen atoms in total. The van der Waals surface area contributed by atoms with Crippen LogP contribution >= 0.6 is 11.6 Å². The zero-order chi connectivity index (χ0) is 13.7. The Labute approximate surface area is 117 Å². The topological polar surface area (TPSA) is 44.2 Å². The molecule has 0 bridgehead atoms. The van der Waals surface area contributed by atoms with E-state index in [1.165, 1.54) is 0 Å². The molecule has 0 saturated carbocycles. The molecule has 0 aliphatic carbocycles. The van der Waals surface area contributed by atoms with Crippen molar-refractivity contribution >= 4 is 11.6 Å². The lowest BCUT2D eigenvalue weighted by Crippen LogP contribution is -1.99. The Balaban J connectivity index is 2.29. The first-order valence-corrected chi connectivity index (χ1v) is 6.36. The fraction of sp³-hybridized carbons (Fsp3) is 0.286. The number of rotatable bonds is 5. The van der Waals surface area contributed by atoms with Crippen molar-refractivity contribution in [1.82, 2.24) is 9.97 Å². The fourth-order valence-electron chi connectivity index (χ4n) is 1.69. The first-order chi connectivity index (χ1) is 9.22. The molecule has 1 aromatic carbocycles. The highest BCUT2D eigenvalue weighted by Crippen LogP contribution is 2.23. The Morgan fingerprint density at radius 3 is 2.53 bits per heavy atom. The SMILES string of the molecule is CCOc1ccc(-c2cc(Cl)nc(COC)n2)cc1. The van der Waals surface area contributed by atoms with E-state index in [1.54, 1.807) is 13.2 Å². The summed E-state index contributed by atoms with van der Waals surface area (Å²) >= 11 is 5.99. The van der Waals surface area contributed by atoms with E-state index in [9.17, 15) is 0 Å². The number of hydrogen-bond acceptors (Lipinski definition) is 4. The average molecular weight is 279 g/mol. The van der Waals surface area contributed by atoms with Gasteiger partial charge in [-0.15, -0.1) is 0 Å². The first-order valence-electron chi connectivity index (χ1n) is 5.98. The summed E-state index contributed by atoms with van der Waals surface area (Å²) < 4.78 is 10.4. The van der Waals surface area contributed by atoms with Gasteiger partial charge in [-0.1, -0.05) is 11.6 Å². The molecular formula is C14H15ClN2O2. The van der Waals surface area contributed by atoms with Crippen molar-refractivity contribution in [1.29, 1.82) is 0 Å². The summed E-state index contributed by atoms with van der Waals surface area (Å²) in [6.07, 6.45) is 0. The van der Waals surface area contributed by atoms with Crippen molar-refractivity contribution in [2.75, 3.05) is 13.7 Å². The number of halogens is 1. The molecule has 0 amide bonds. The standard InChI is InChI=1S/C14H15ClN2O2/c1-3-19-11-6-4-10(5-7-11)12-8-13(15)17-14(16-12)9-18-2/h4-8H,3,9H2,1-2H3. The summed E-state index contributed by atoms with van der Waals surface area (Å²) in [5, 5.41) is 0.408. The second-order valence-electron chi connectivity index (χ2n) is 3.88. The van der Waals surface area contributed by atoms with Crippen molar-refractivity contribution in [3.05, 3.63) is 41.3 Å². The molecule has 5 heteroatoms. The molecule has 100 valence electrons. The second-order valence-corrected chi connectivity index (χ2v) is 4.27. The Kier molecular flexibility index (Phi) is 4.71. The van der Waals surface area contributed by atoms with E-state index in [0.29, 0.717) is 24.2 Å². The van der Waals surface area contributed by atoms with Crippen molar-refractivity contribution in [3.8, 4) is 17.0 Å². The number of methoxy groups -OCH3 is 1. The number of hydrogen-bond donors (Lipinski definition) is 0. The number of nitrogens with zero attached hydrogens (tertiary/aromatic N) is 2. The minimum Gasteiger partial charge on any atom is -0.494 e. The van der Waals surface area contributed by atoms with Crippen LogP contribution in [0.25, 0.3) is 11.3 Å². The van der Waals surface area contributed by atoms with Crippen molar-refractivity contribution in [2.45, 2.75) is 13.5 Å². The summed E-state index contributed by atoms with van der Waals surface area (Å²) in [7, 11) is 1.60. The lowest BCUT2D eigenvalue weighted by atomic mass is 10.1. The van der Waals surface area contributed by atoms with E-state index in [2.05, 4.69) is 9.97 Å². The van der Waals surface area contributed by atoms with Crippen molar-refractivity contribution in [3.63, 3.8) is 0 Å². The Bertz CT molecular complexity index is 544. The fourth-order valence-corrected chi connectivity index (χ4v) is 1.90. The lowest BCUT2D eigenvalue weighted by Gasteiger charge is -2.06. The van der Waals surface area contributed by atoms with Crippen LogP contribution in [0.4, 0.5) is 0 Å². The van der Waals surface area contributed by atoms with Gasteiger partial charge < -0.3 is 9.47 Å². The highest BCUT2D eigenvalue weighted by Gasteiger charge is 2.06. The van der Waals surface area contributed by atoms with Crippen LogP contribution in [-0.2, 0) is 11.3 Å². The number of ether oxygens (including phenoxy) is 2. The van der Waals surface area contributed by atoms with E-state index in [0.717, 1.165) is 17.0 Å². The molecule has 0 N–H and O–H groups in total. The second kappa shape index (κ2) is 6.50. The summed E-state index contributed by atoms with van der Waals surface area (Å²) in [6, 6.07) is 9.44. The molecule has 0 saturated heterocycles. The van der Waals surface area contributed by atoms with Crippen LogP contribution in [0.2, 0.25) is 5.15 Å². The lowest BCUT2D eigenvalue weighted by molar-refractivity contribution is 0.178. The van der Waals surface area contributed by atoms with Gasteiger partial charge in [0.1, 0.15) is 17.5 Å². The van der Waals surface area contributed by atoms with E-state index < -0.39 is 0 Å². The molecule has 1 aromatic heterocycles. The van der Waals surface area contributed by atoms with Gasteiger partial charge in [-0.2, -0.15) is 0 Å². The molecule has 0 unspecified atom stereocenters. The van der Waals surface area contributed by atoms with Crippen LogP contribution in [0, 0.1) is 0 Å². The van der Waals surface area contributed by atoms with Gasteiger partial charge in [0.2, 0.25) is 0 Å². The van der Waals surface area contributed by atoms with Gasteiger partial charge >= 0.3 is 0 Å². The predicted octanol–water partition coefficient (Wildman–Crippen LogP) is 3.34. The summed E-state index contributed by atoms with van der Waals surface area (Å²) in [5.74, 6) is 1.41. The Morgan fingerprint density at radius 1 is 1.16 bits per heavy atom. The smallest absolute Gasteiger partial charge is 0.156 e. The quantitative estimate of drug-likeness (QED) is 0.787. The van der Waals surface area contributed by atoms with Gasteiger partial charge in [0, 0.05) is 18.7 Å². The monoisotopic (exact) mass is 278 g/mol. The van der Waals surface area contributed by atoms with Gasteiger partial charge in [-0.05, 0) is 31.2 Å². The largest absolute Gasteiger partial charge is 0.494 e. The first kappa shape index (κ1) is 13.8. The van der Waals surface area contributed by atoms with Gasteiger partial charge in [0.25, 0.3) is 0 Å². The van der Waals surface area contributed by atoms with Crippen LogP contribution in [0.15, 0.2) is 30.3 Å². The van der Waals surface area contributed by atoms with E-state index >= 15 is 0 Å². The predicted molar refractivity (Wildman–Crippen MR) is 74.4 cm³/mol. The van der Waals surface area contributed by atoms with Crippen LogP contribution < -0.4 is 4.74 Å². The van der Waals surface area contributed by atoms with E-state index in [-0.39, 0.29) is 0 Å². The zero-order valence-electron chi connectivity index (χ0n) is 10.9. The molecule has 0 aliphatic rings. The molecule has 0 spiro atoms. The van der Waals surface area contributed by atoms with Gasteiger partial charge in [-0.3, -0.25) is 0 Å². The Morgan fingerprint density at radius 2 is 1.89 bits per heavy atom. The summed E-state index contributed by atoms with van der Waals surface area (Å²) in [6.45, 7) is 2.94. The van der Waals surface area contributed by atoms with E-state index in [1.807, 2.05) is 31.2 Å². The number of benzene rings is 1. The Hall–Kier alpha value is -1.65. The van der Waals surface area contributed by atoms with Gasteiger partial charge in [0.15, 0.2) is 5.82 Å². The molecule has 1 heterocycles. The summed E-state index contributed by atoms with van der Waals surface area (Å²) in [4.78, 5) is 8.51. The van der Waals surface area contributed by atoms with Crippen LogP contribution in [0.5, 0.6) is 5.75 Å². The maximum atomic E-state index is 5.99. The third-order valence-electron chi connectivity index (χ3n) is 2.48. The number of aromatic nitrogens is 2. The maximum absolute atomic E-state index is 5.99. The maximum Gasteiger partial charge on any atom is 0.156 e.